The number of aliphatic carboxylic acids is 1. The van der Waals surface area contributed by atoms with E-state index in [2.05, 4.69) is 0 Å². The van der Waals surface area contributed by atoms with E-state index in [0.717, 1.165) is 4.90 Å². The molecule has 0 bridgehead atoms. The number of carbonyl (C=O) groups excluding carboxylic acids is 1. The molecule has 2 atom stereocenters. The number of ether oxygens (including phenoxy) is 1. The van der Waals surface area contributed by atoms with E-state index in [0.29, 0.717) is 0 Å². The number of carboxylic acid groups (broad SMARTS) is 1. The van der Waals surface area contributed by atoms with E-state index in [4.69, 9.17) is 9.84 Å². The monoisotopic (exact) mass is 280 g/mol. The molecule has 2 rings (SSSR count). The first-order valence-corrected chi connectivity index (χ1v) is 5.84. The molecule has 0 fully saturated rings. The summed E-state index contributed by atoms with van der Waals surface area (Å²) in [5.74, 6) is -1.54. The van der Waals surface area contributed by atoms with Gasteiger partial charge in [-0.15, -0.1) is 0 Å². The summed E-state index contributed by atoms with van der Waals surface area (Å²) in [7, 11) is 0. The van der Waals surface area contributed by atoms with Crippen LogP contribution in [0.4, 0.5) is 11.4 Å². The maximum Gasteiger partial charge on any atom is 0.326 e. The van der Waals surface area contributed by atoms with E-state index < -0.39 is 28.9 Å². The third-order valence-corrected chi connectivity index (χ3v) is 3.05. The normalized spacial score (nSPS) is 19.0. The molecule has 8 heteroatoms. The topological polar surface area (TPSA) is 110 Å². The van der Waals surface area contributed by atoms with Gasteiger partial charge in [-0.2, -0.15) is 0 Å². The number of non-ortho nitro benzene ring substituents is 1. The first-order chi connectivity index (χ1) is 9.32. The highest BCUT2D eigenvalue weighted by atomic mass is 16.6. The van der Waals surface area contributed by atoms with Gasteiger partial charge in [0.1, 0.15) is 6.04 Å². The van der Waals surface area contributed by atoms with Gasteiger partial charge < -0.3 is 9.84 Å². The van der Waals surface area contributed by atoms with Crippen LogP contribution in [0.3, 0.4) is 0 Å². The summed E-state index contributed by atoms with van der Waals surface area (Å²) >= 11 is 0. The van der Waals surface area contributed by atoms with E-state index in [1.165, 1.54) is 32.0 Å². The predicted molar refractivity (Wildman–Crippen MR) is 67.8 cm³/mol. The second-order valence-electron chi connectivity index (χ2n) is 4.39. The highest BCUT2D eigenvalue weighted by Crippen LogP contribution is 2.37. The highest BCUT2D eigenvalue weighted by molar-refractivity contribution is 6.04. The molecule has 1 aromatic rings. The Balaban J connectivity index is 2.53. The summed E-state index contributed by atoms with van der Waals surface area (Å²) in [5, 5.41) is 19.8. The SMILES string of the molecule is CC1Oc2cc([N+](=O)[O-])ccc2N(C(C)C(=O)O)C1=O. The second-order valence-corrected chi connectivity index (χ2v) is 4.39. The van der Waals surface area contributed by atoms with Crippen LogP contribution < -0.4 is 9.64 Å². The lowest BCUT2D eigenvalue weighted by Gasteiger charge is -2.35. The molecular weight excluding hydrogens is 268 g/mol. The van der Waals surface area contributed by atoms with Gasteiger partial charge in [0, 0.05) is 6.07 Å². The molecule has 0 saturated carbocycles. The predicted octanol–water partition coefficient (Wildman–Crippen LogP) is 1.18. The number of rotatable bonds is 3. The second kappa shape index (κ2) is 4.80. The molecule has 20 heavy (non-hydrogen) atoms. The lowest BCUT2D eigenvalue weighted by atomic mass is 10.1. The lowest BCUT2D eigenvalue weighted by Crippen LogP contribution is -2.51. The molecule has 0 aliphatic carbocycles. The van der Waals surface area contributed by atoms with Crippen molar-refractivity contribution in [3.8, 4) is 5.75 Å². The largest absolute Gasteiger partial charge is 0.480 e. The first kappa shape index (κ1) is 13.8. The molecule has 0 spiro atoms. The van der Waals surface area contributed by atoms with E-state index in [1.54, 1.807) is 0 Å². The number of hydrogen-bond donors (Lipinski definition) is 1. The molecule has 106 valence electrons. The Kier molecular flexibility index (Phi) is 3.31. The van der Waals surface area contributed by atoms with Crippen molar-refractivity contribution in [2.24, 2.45) is 0 Å². The van der Waals surface area contributed by atoms with Gasteiger partial charge in [0.15, 0.2) is 11.9 Å². The van der Waals surface area contributed by atoms with Gasteiger partial charge in [-0.3, -0.25) is 19.8 Å². The van der Waals surface area contributed by atoms with Crippen LogP contribution in [0.15, 0.2) is 18.2 Å². The fraction of sp³-hybridized carbons (Fsp3) is 0.333. The molecule has 1 heterocycles. The fourth-order valence-electron chi connectivity index (χ4n) is 1.98. The van der Waals surface area contributed by atoms with Gasteiger partial charge in [0.05, 0.1) is 16.7 Å². The number of fused-ring (bicyclic) bond motifs is 1. The standard InChI is InChI=1S/C12H12N2O6/c1-6(12(16)17)13-9-4-3-8(14(18)19)5-10(9)20-7(2)11(13)15/h3-7H,1-2H3,(H,16,17). The van der Waals surface area contributed by atoms with E-state index >= 15 is 0 Å². The van der Waals surface area contributed by atoms with Crippen molar-refractivity contribution in [1.82, 2.24) is 0 Å². The molecular formula is C12H12N2O6. The zero-order valence-electron chi connectivity index (χ0n) is 10.8. The van der Waals surface area contributed by atoms with Crippen LogP contribution in [0.25, 0.3) is 0 Å². The van der Waals surface area contributed by atoms with Crippen molar-refractivity contribution >= 4 is 23.3 Å². The van der Waals surface area contributed by atoms with Crippen molar-refractivity contribution < 1.29 is 24.4 Å². The highest BCUT2D eigenvalue weighted by Gasteiger charge is 2.37. The first-order valence-electron chi connectivity index (χ1n) is 5.84. The van der Waals surface area contributed by atoms with Gasteiger partial charge >= 0.3 is 5.97 Å². The van der Waals surface area contributed by atoms with Crippen molar-refractivity contribution in [2.45, 2.75) is 26.0 Å². The number of amides is 1. The molecule has 0 saturated heterocycles. The minimum absolute atomic E-state index is 0.124. The number of carbonyl (C=O) groups is 2. The summed E-state index contributed by atoms with van der Waals surface area (Å²) in [6.45, 7) is 2.83. The van der Waals surface area contributed by atoms with Gasteiger partial charge in [-0.1, -0.05) is 0 Å². The molecule has 1 aliphatic rings. The Hall–Kier alpha value is -2.64. The van der Waals surface area contributed by atoms with Crippen LogP contribution in [0.5, 0.6) is 5.75 Å². The summed E-state index contributed by atoms with van der Waals surface area (Å²) < 4.78 is 5.31. The molecule has 0 radical (unpaired) electrons. The molecule has 0 aromatic heterocycles. The van der Waals surface area contributed by atoms with Crippen LogP contribution >= 0.6 is 0 Å². The Morgan fingerprint density at radius 3 is 2.75 bits per heavy atom. The average molecular weight is 280 g/mol. The number of anilines is 1. The number of benzene rings is 1. The van der Waals surface area contributed by atoms with Gasteiger partial charge in [-0.25, -0.2) is 4.79 Å². The maximum absolute atomic E-state index is 12.1. The smallest absolute Gasteiger partial charge is 0.326 e. The van der Waals surface area contributed by atoms with Gasteiger partial charge in [0.25, 0.3) is 11.6 Å². The Morgan fingerprint density at radius 2 is 2.20 bits per heavy atom. The number of nitro groups is 1. The molecule has 1 aromatic carbocycles. The molecule has 1 N–H and O–H groups in total. The van der Waals surface area contributed by atoms with E-state index in [-0.39, 0.29) is 17.1 Å². The summed E-state index contributed by atoms with van der Waals surface area (Å²) in [5.41, 5.74) is 0.0295. The third-order valence-electron chi connectivity index (χ3n) is 3.05. The van der Waals surface area contributed by atoms with Crippen LogP contribution in [0.1, 0.15) is 13.8 Å². The Bertz CT molecular complexity index is 600. The van der Waals surface area contributed by atoms with Crippen LogP contribution in [-0.4, -0.2) is 34.1 Å². The molecule has 2 unspecified atom stereocenters. The lowest BCUT2D eigenvalue weighted by molar-refractivity contribution is -0.384. The number of hydrogen-bond acceptors (Lipinski definition) is 5. The number of nitrogens with zero attached hydrogens (tertiary/aromatic N) is 2. The molecule has 8 nitrogen and oxygen atoms in total. The minimum Gasteiger partial charge on any atom is -0.480 e. The number of nitro benzene ring substituents is 1. The quantitative estimate of drug-likeness (QED) is 0.657. The van der Waals surface area contributed by atoms with Crippen molar-refractivity contribution in [2.75, 3.05) is 4.90 Å². The molecule has 1 aliphatic heterocycles. The average Bonchev–Trinajstić information content (AvgIpc) is 2.38. The van der Waals surface area contributed by atoms with Crippen molar-refractivity contribution in [3.63, 3.8) is 0 Å². The van der Waals surface area contributed by atoms with Gasteiger partial charge in [-0.05, 0) is 19.9 Å². The van der Waals surface area contributed by atoms with Crippen LogP contribution in [0.2, 0.25) is 0 Å². The van der Waals surface area contributed by atoms with Crippen LogP contribution in [-0.2, 0) is 9.59 Å². The van der Waals surface area contributed by atoms with E-state index in [9.17, 15) is 19.7 Å². The van der Waals surface area contributed by atoms with Gasteiger partial charge in [0.2, 0.25) is 0 Å². The summed E-state index contributed by atoms with van der Waals surface area (Å²) in [6.07, 6.45) is -0.897. The number of carboxylic acids is 1. The molecule has 1 amide bonds. The fourth-order valence-corrected chi connectivity index (χ4v) is 1.98. The Morgan fingerprint density at radius 1 is 1.55 bits per heavy atom. The van der Waals surface area contributed by atoms with E-state index in [1.807, 2.05) is 0 Å². The zero-order valence-corrected chi connectivity index (χ0v) is 10.8. The van der Waals surface area contributed by atoms with Crippen LogP contribution in [0, 0.1) is 10.1 Å². The zero-order chi connectivity index (χ0) is 15.0. The summed E-state index contributed by atoms with van der Waals surface area (Å²) in [6, 6.07) is 2.61. The Labute approximate surface area is 113 Å². The third kappa shape index (κ3) is 2.15. The minimum atomic E-state index is -1.17. The van der Waals surface area contributed by atoms with Crippen molar-refractivity contribution in [1.29, 1.82) is 0 Å². The maximum atomic E-state index is 12.1. The van der Waals surface area contributed by atoms with Crippen molar-refractivity contribution in [3.05, 3.63) is 28.3 Å². The summed E-state index contributed by atoms with van der Waals surface area (Å²) in [4.78, 5) is 34.4.